The van der Waals surface area contributed by atoms with Gasteiger partial charge in [0, 0.05) is 16.3 Å². The zero-order valence-electron chi connectivity index (χ0n) is 14.4. The van der Waals surface area contributed by atoms with Gasteiger partial charge in [0.05, 0.1) is 31.1 Å². The van der Waals surface area contributed by atoms with E-state index in [1.165, 1.54) is 23.9 Å². The van der Waals surface area contributed by atoms with Crippen LogP contribution in [0.2, 0.25) is 0 Å². The SMILES string of the molecule is CCc1nn(CCC(=O)OC)c(CC)c1CC1=CC(Cl)=CC(Cl)C1. The number of aromatic nitrogens is 2. The number of carbonyl (C=O) groups is 1. The van der Waals surface area contributed by atoms with E-state index in [2.05, 4.69) is 13.8 Å². The van der Waals surface area contributed by atoms with Gasteiger partial charge in [0.1, 0.15) is 0 Å². The van der Waals surface area contributed by atoms with Crippen LogP contribution in [-0.4, -0.2) is 28.2 Å². The van der Waals surface area contributed by atoms with E-state index in [-0.39, 0.29) is 11.3 Å². The fraction of sp³-hybridized carbons (Fsp3) is 0.556. The Bertz CT molecular complexity index is 662. The Hall–Kier alpha value is -1.26. The molecule has 0 saturated heterocycles. The number of nitrogens with zero attached hydrogens (tertiary/aromatic N) is 2. The van der Waals surface area contributed by atoms with E-state index in [1.807, 2.05) is 16.8 Å². The molecular formula is C18H24Cl2N2O2. The van der Waals surface area contributed by atoms with Crippen molar-refractivity contribution in [1.82, 2.24) is 9.78 Å². The Kier molecular flexibility index (Phi) is 6.93. The number of alkyl halides is 1. The first-order valence-corrected chi connectivity index (χ1v) is 9.14. The van der Waals surface area contributed by atoms with Gasteiger partial charge in [0.15, 0.2) is 0 Å². The topological polar surface area (TPSA) is 44.1 Å². The number of ether oxygens (including phenoxy) is 1. The number of aryl methyl sites for hydroxylation is 2. The molecule has 6 heteroatoms. The molecule has 132 valence electrons. The number of halogens is 2. The summed E-state index contributed by atoms with van der Waals surface area (Å²) in [6.45, 7) is 4.75. The predicted molar refractivity (Wildman–Crippen MR) is 97.6 cm³/mol. The highest BCUT2D eigenvalue weighted by Gasteiger charge is 2.20. The van der Waals surface area contributed by atoms with Crippen LogP contribution in [0.15, 0.2) is 22.8 Å². The summed E-state index contributed by atoms with van der Waals surface area (Å²) >= 11 is 12.4. The van der Waals surface area contributed by atoms with Crippen molar-refractivity contribution in [2.24, 2.45) is 0 Å². The molecule has 4 nitrogen and oxygen atoms in total. The fourth-order valence-electron chi connectivity index (χ4n) is 3.09. The van der Waals surface area contributed by atoms with Gasteiger partial charge in [0.25, 0.3) is 0 Å². The number of methoxy groups -OCH3 is 1. The summed E-state index contributed by atoms with van der Waals surface area (Å²) in [6, 6.07) is 0. The van der Waals surface area contributed by atoms with Crippen LogP contribution in [0.3, 0.4) is 0 Å². The molecular weight excluding hydrogens is 347 g/mol. The average molecular weight is 371 g/mol. The molecule has 1 aromatic rings. The van der Waals surface area contributed by atoms with Crippen molar-refractivity contribution in [1.29, 1.82) is 0 Å². The molecule has 1 atom stereocenters. The molecule has 0 bridgehead atoms. The van der Waals surface area contributed by atoms with Crippen LogP contribution < -0.4 is 0 Å². The van der Waals surface area contributed by atoms with Gasteiger partial charge in [-0.2, -0.15) is 5.10 Å². The van der Waals surface area contributed by atoms with Gasteiger partial charge < -0.3 is 4.74 Å². The third kappa shape index (κ3) is 4.64. The molecule has 0 saturated carbocycles. The van der Waals surface area contributed by atoms with Crippen molar-refractivity contribution in [3.8, 4) is 0 Å². The second kappa shape index (κ2) is 8.72. The van der Waals surface area contributed by atoms with E-state index in [9.17, 15) is 4.79 Å². The molecule has 0 spiro atoms. The second-order valence-corrected chi connectivity index (χ2v) is 6.88. The van der Waals surface area contributed by atoms with Crippen LogP contribution >= 0.6 is 23.2 Å². The summed E-state index contributed by atoms with van der Waals surface area (Å²) in [6.07, 6.45) is 7.53. The zero-order valence-corrected chi connectivity index (χ0v) is 16.0. The van der Waals surface area contributed by atoms with Crippen molar-refractivity contribution in [2.75, 3.05) is 7.11 Å². The number of carbonyl (C=O) groups excluding carboxylic acids is 1. The van der Waals surface area contributed by atoms with Crippen LogP contribution in [0.25, 0.3) is 0 Å². The molecule has 2 rings (SSSR count). The lowest BCUT2D eigenvalue weighted by Gasteiger charge is -2.16. The maximum absolute atomic E-state index is 11.4. The monoisotopic (exact) mass is 370 g/mol. The molecule has 0 radical (unpaired) electrons. The van der Waals surface area contributed by atoms with Crippen molar-refractivity contribution < 1.29 is 9.53 Å². The molecule has 0 fully saturated rings. The summed E-state index contributed by atoms with van der Waals surface area (Å²) in [5, 5.41) is 5.36. The number of allylic oxidation sites excluding steroid dienone is 4. The van der Waals surface area contributed by atoms with E-state index in [4.69, 9.17) is 33.0 Å². The van der Waals surface area contributed by atoms with Crippen LogP contribution in [0.5, 0.6) is 0 Å². The fourth-order valence-corrected chi connectivity index (χ4v) is 3.80. The van der Waals surface area contributed by atoms with E-state index < -0.39 is 0 Å². The van der Waals surface area contributed by atoms with Crippen molar-refractivity contribution in [2.45, 2.75) is 57.9 Å². The zero-order chi connectivity index (χ0) is 17.7. The number of hydrogen-bond acceptors (Lipinski definition) is 3. The minimum absolute atomic E-state index is 0.0537. The maximum atomic E-state index is 11.4. The molecule has 0 aromatic carbocycles. The predicted octanol–water partition coefficient (Wildman–Crippen LogP) is 4.17. The summed E-state index contributed by atoms with van der Waals surface area (Å²) in [5.41, 5.74) is 4.72. The maximum Gasteiger partial charge on any atom is 0.307 e. The Morgan fingerprint density at radius 1 is 1.42 bits per heavy atom. The average Bonchev–Trinajstić information content (AvgIpc) is 2.88. The Labute approximate surface area is 153 Å². The molecule has 1 unspecified atom stereocenters. The van der Waals surface area contributed by atoms with Crippen molar-refractivity contribution in [3.63, 3.8) is 0 Å². The van der Waals surface area contributed by atoms with Crippen molar-refractivity contribution in [3.05, 3.63) is 39.7 Å². The summed E-state index contributed by atoms with van der Waals surface area (Å²) < 4.78 is 6.68. The van der Waals surface area contributed by atoms with E-state index in [0.29, 0.717) is 18.0 Å². The number of rotatable bonds is 7. The Morgan fingerprint density at radius 2 is 2.17 bits per heavy atom. The minimum atomic E-state index is -0.218. The molecule has 1 aliphatic carbocycles. The molecule has 1 heterocycles. The summed E-state index contributed by atoms with van der Waals surface area (Å²) in [5.74, 6) is -0.218. The van der Waals surface area contributed by atoms with Crippen LogP contribution in [0, 0.1) is 0 Å². The number of esters is 1. The van der Waals surface area contributed by atoms with Crippen molar-refractivity contribution >= 4 is 29.2 Å². The largest absolute Gasteiger partial charge is 0.469 e. The second-order valence-electron chi connectivity index (χ2n) is 5.88. The van der Waals surface area contributed by atoms with E-state index >= 15 is 0 Å². The highest BCUT2D eigenvalue weighted by Crippen LogP contribution is 2.29. The summed E-state index contributed by atoms with van der Waals surface area (Å²) in [7, 11) is 1.41. The van der Waals surface area contributed by atoms with Gasteiger partial charge in [-0.3, -0.25) is 9.48 Å². The first-order valence-electron chi connectivity index (χ1n) is 8.33. The van der Waals surface area contributed by atoms with E-state index in [0.717, 1.165) is 31.4 Å². The van der Waals surface area contributed by atoms with Crippen LogP contribution in [0.1, 0.15) is 43.6 Å². The highest BCUT2D eigenvalue weighted by molar-refractivity contribution is 6.32. The lowest BCUT2D eigenvalue weighted by molar-refractivity contribution is -0.140. The normalized spacial score (nSPS) is 17.5. The molecule has 24 heavy (non-hydrogen) atoms. The van der Waals surface area contributed by atoms with Gasteiger partial charge in [-0.15, -0.1) is 11.6 Å². The molecule has 0 N–H and O–H groups in total. The smallest absolute Gasteiger partial charge is 0.307 e. The van der Waals surface area contributed by atoms with Crippen LogP contribution in [-0.2, 0) is 35.3 Å². The lowest BCUT2D eigenvalue weighted by atomic mass is 9.95. The first kappa shape index (κ1) is 19.1. The third-order valence-corrected chi connectivity index (χ3v) is 4.73. The highest BCUT2D eigenvalue weighted by atomic mass is 35.5. The molecule has 1 aliphatic rings. The Morgan fingerprint density at radius 3 is 2.75 bits per heavy atom. The van der Waals surface area contributed by atoms with Gasteiger partial charge in [-0.25, -0.2) is 0 Å². The number of hydrogen-bond donors (Lipinski definition) is 0. The van der Waals surface area contributed by atoms with Crippen LogP contribution in [0.4, 0.5) is 0 Å². The molecule has 1 aromatic heterocycles. The first-order chi connectivity index (χ1) is 11.5. The molecule has 0 amide bonds. The van der Waals surface area contributed by atoms with Gasteiger partial charge in [-0.05, 0) is 37.8 Å². The summed E-state index contributed by atoms with van der Waals surface area (Å²) in [4.78, 5) is 11.4. The van der Waals surface area contributed by atoms with Gasteiger partial charge >= 0.3 is 5.97 Å². The standard InChI is InChI=1S/C18H24Cl2N2O2/c1-4-16-15(10-12-8-13(19)11-14(20)9-12)17(5-2)22(21-16)7-6-18(23)24-3/h8,11,14H,4-7,9-10H2,1-3H3. The third-order valence-electron chi connectivity index (χ3n) is 4.22. The lowest BCUT2D eigenvalue weighted by Crippen LogP contribution is -2.11. The minimum Gasteiger partial charge on any atom is -0.469 e. The van der Waals surface area contributed by atoms with Gasteiger partial charge in [0.2, 0.25) is 0 Å². The Balaban J connectivity index is 2.26. The molecule has 0 aliphatic heterocycles. The van der Waals surface area contributed by atoms with E-state index in [1.54, 1.807) is 0 Å². The quantitative estimate of drug-likeness (QED) is 0.534. The van der Waals surface area contributed by atoms with Gasteiger partial charge in [-0.1, -0.05) is 31.0 Å².